The predicted molar refractivity (Wildman–Crippen MR) is 56.8 cm³/mol. The van der Waals surface area contributed by atoms with E-state index in [0.717, 1.165) is 0 Å². The lowest BCUT2D eigenvalue weighted by Crippen LogP contribution is -2.24. The van der Waals surface area contributed by atoms with Crippen molar-refractivity contribution in [3.63, 3.8) is 0 Å². The first kappa shape index (κ1) is 14.2. The van der Waals surface area contributed by atoms with Crippen LogP contribution in [0.25, 0.3) is 0 Å². The van der Waals surface area contributed by atoms with E-state index in [1.165, 1.54) is 0 Å². The van der Waals surface area contributed by atoms with Crippen LogP contribution in [0, 0.1) is 0 Å². The molecule has 5 heteroatoms. The summed E-state index contributed by atoms with van der Waals surface area (Å²) in [5, 5.41) is 0. The van der Waals surface area contributed by atoms with Crippen LogP contribution in [0.15, 0.2) is 0 Å². The normalized spacial score (nSPS) is 11.9. The van der Waals surface area contributed by atoms with Crippen molar-refractivity contribution in [1.82, 2.24) is 0 Å². The smallest absolute Gasteiger partial charge is 0.309 e. The average molecular weight is 237 g/mol. The van der Waals surface area contributed by atoms with Crippen LogP contribution in [-0.4, -0.2) is 30.5 Å². The fourth-order valence-electron chi connectivity index (χ4n) is 0.982. The molecule has 0 N–H and O–H groups in total. The lowest BCUT2D eigenvalue weighted by atomic mass is 10.3. The zero-order chi connectivity index (χ0) is 11.7. The topological polar surface area (TPSA) is 52.6 Å². The van der Waals surface area contributed by atoms with Crippen LogP contribution in [0.1, 0.15) is 33.1 Å². The number of rotatable bonds is 7. The summed E-state index contributed by atoms with van der Waals surface area (Å²) in [7, 11) is 0. The Hall–Kier alpha value is -0.770. The van der Waals surface area contributed by atoms with Gasteiger partial charge < -0.3 is 9.47 Å². The van der Waals surface area contributed by atoms with Gasteiger partial charge in [-0.1, -0.05) is 6.92 Å². The standard InChI is InChI=1S/C10H17ClO4/c1-3-5-9(12)15-8(7-11)6-10(13)14-4-2/h8H,3-7H2,1-2H3. The molecule has 0 bridgehead atoms. The van der Waals surface area contributed by atoms with Crippen molar-refractivity contribution in [2.24, 2.45) is 0 Å². The van der Waals surface area contributed by atoms with E-state index in [4.69, 9.17) is 21.1 Å². The number of carbonyl (C=O) groups is 2. The molecule has 0 heterocycles. The molecule has 0 radical (unpaired) electrons. The van der Waals surface area contributed by atoms with Crippen LogP contribution in [0.5, 0.6) is 0 Å². The van der Waals surface area contributed by atoms with Gasteiger partial charge in [0, 0.05) is 6.42 Å². The predicted octanol–water partition coefficient (Wildman–Crippen LogP) is 1.89. The molecule has 0 aliphatic carbocycles. The summed E-state index contributed by atoms with van der Waals surface area (Å²) in [5.41, 5.74) is 0. The summed E-state index contributed by atoms with van der Waals surface area (Å²) in [6, 6.07) is 0. The highest BCUT2D eigenvalue weighted by Gasteiger charge is 2.17. The van der Waals surface area contributed by atoms with E-state index < -0.39 is 12.1 Å². The minimum Gasteiger partial charge on any atom is -0.466 e. The van der Waals surface area contributed by atoms with Gasteiger partial charge in [-0.15, -0.1) is 11.6 Å². The second kappa shape index (κ2) is 8.53. The first-order valence-corrected chi connectivity index (χ1v) is 5.58. The minimum atomic E-state index is -0.579. The number of halogens is 1. The Balaban J connectivity index is 3.91. The molecule has 15 heavy (non-hydrogen) atoms. The Bertz CT molecular complexity index is 186. The van der Waals surface area contributed by atoms with Crippen LogP contribution in [0.4, 0.5) is 0 Å². The third-order valence-corrected chi connectivity index (χ3v) is 1.97. The van der Waals surface area contributed by atoms with Gasteiger partial charge in [0.1, 0.15) is 6.10 Å². The summed E-state index contributed by atoms with van der Waals surface area (Å²) in [4.78, 5) is 22.2. The van der Waals surface area contributed by atoms with E-state index in [1.54, 1.807) is 6.92 Å². The van der Waals surface area contributed by atoms with E-state index in [9.17, 15) is 9.59 Å². The van der Waals surface area contributed by atoms with Crippen molar-refractivity contribution in [3.8, 4) is 0 Å². The van der Waals surface area contributed by atoms with E-state index >= 15 is 0 Å². The van der Waals surface area contributed by atoms with Crippen LogP contribution < -0.4 is 0 Å². The Morgan fingerprint density at radius 1 is 1.27 bits per heavy atom. The molecule has 88 valence electrons. The highest BCUT2D eigenvalue weighted by atomic mass is 35.5. The molecule has 0 rings (SSSR count). The van der Waals surface area contributed by atoms with Crippen molar-refractivity contribution in [2.45, 2.75) is 39.2 Å². The van der Waals surface area contributed by atoms with Crippen molar-refractivity contribution in [1.29, 1.82) is 0 Å². The number of alkyl halides is 1. The van der Waals surface area contributed by atoms with Crippen molar-refractivity contribution in [2.75, 3.05) is 12.5 Å². The molecule has 0 saturated carbocycles. The van der Waals surface area contributed by atoms with Gasteiger partial charge in [0.15, 0.2) is 0 Å². The largest absolute Gasteiger partial charge is 0.466 e. The second-order valence-corrected chi connectivity index (χ2v) is 3.33. The van der Waals surface area contributed by atoms with E-state index in [0.29, 0.717) is 19.4 Å². The van der Waals surface area contributed by atoms with Gasteiger partial charge in [0.2, 0.25) is 0 Å². The SMILES string of the molecule is CCCC(=O)OC(CCl)CC(=O)OCC. The fraction of sp³-hybridized carbons (Fsp3) is 0.800. The van der Waals surface area contributed by atoms with Gasteiger partial charge in [-0.25, -0.2) is 0 Å². The molecule has 4 nitrogen and oxygen atoms in total. The zero-order valence-electron chi connectivity index (χ0n) is 9.12. The summed E-state index contributed by atoms with van der Waals surface area (Å²) in [6.45, 7) is 3.91. The zero-order valence-corrected chi connectivity index (χ0v) is 9.88. The third kappa shape index (κ3) is 7.19. The average Bonchev–Trinajstić information content (AvgIpc) is 2.17. The molecule has 1 unspecified atom stereocenters. The van der Waals surface area contributed by atoms with Crippen LogP contribution in [0.2, 0.25) is 0 Å². The molecule has 0 aromatic carbocycles. The van der Waals surface area contributed by atoms with Crippen molar-refractivity contribution in [3.05, 3.63) is 0 Å². The Morgan fingerprint density at radius 2 is 1.93 bits per heavy atom. The molecule has 0 aromatic heterocycles. The van der Waals surface area contributed by atoms with Crippen molar-refractivity contribution >= 4 is 23.5 Å². The first-order chi connectivity index (χ1) is 7.13. The highest BCUT2D eigenvalue weighted by Crippen LogP contribution is 2.05. The second-order valence-electron chi connectivity index (χ2n) is 3.03. The molecule has 0 saturated heterocycles. The molecule has 0 aromatic rings. The molecular weight excluding hydrogens is 220 g/mol. The molecule has 0 fully saturated rings. The summed E-state index contributed by atoms with van der Waals surface area (Å²) in [6.07, 6.45) is 0.501. The van der Waals surface area contributed by atoms with E-state index in [1.807, 2.05) is 6.92 Å². The van der Waals surface area contributed by atoms with Crippen LogP contribution in [0.3, 0.4) is 0 Å². The first-order valence-electron chi connectivity index (χ1n) is 5.05. The number of carbonyl (C=O) groups excluding carboxylic acids is 2. The van der Waals surface area contributed by atoms with E-state index in [2.05, 4.69) is 0 Å². The molecule has 0 spiro atoms. The lowest BCUT2D eigenvalue weighted by Gasteiger charge is -2.14. The van der Waals surface area contributed by atoms with Gasteiger partial charge in [0.05, 0.1) is 18.9 Å². The minimum absolute atomic E-state index is 0.0206. The molecule has 0 aliphatic heterocycles. The number of hydrogen-bond donors (Lipinski definition) is 0. The third-order valence-electron chi connectivity index (χ3n) is 1.62. The molecule has 1 atom stereocenters. The fourth-order valence-corrected chi connectivity index (χ4v) is 1.15. The van der Waals surface area contributed by atoms with Crippen LogP contribution in [-0.2, 0) is 19.1 Å². The molecule has 0 aliphatic rings. The van der Waals surface area contributed by atoms with Gasteiger partial charge in [0.25, 0.3) is 0 Å². The Morgan fingerprint density at radius 3 is 2.40 bits per heavy atom. The lowest BCUT2D eigenvalue weighted by molar-refractivity contribution is -0.153. The summed E-state index contributed by atoms with van der Waals surface area (Å²) < 4.78 is 9.71. The maximum absolute atomic E-state index is 11.1. The Kier molecular flexibility index (Phi) is 8.09. The molecule has 0 amide bonds. The van der Waals surface area contributed by atoms with Gasteiger partial charge >= 0.3 is 11.9 Å². The van der Waals surface area contributed by atoms with E-state index in [-0.39, 0.29) is 18.3 Å². The monoisotopic (exact) mass is 236 g/mol. The van der Waals surface area contributed by atoms with Crippen molar-refractivity contribution < 1.29 is 19.1 Å². The van der Waals surface area contributed by atoms with Gasteiger partial charge in [-0.2, -0.15) is 0 Å². The van der Waals surface area contributed by atoms with Gasteiger partial charge in [-0.05, 0) is 13.3 Å². The summed E-state index contributed by atoms with van der Waals surface area (Å²) in [5.74, 6) is -0.617. The maximum Gasteiger partial charge on any atom is 0.309 e. The number of ether oxygens (including phenoxy) is 2. The van der Waals surface area contributed by atoms with Gasteiger partial charge in [-0.3, -0.25) is 9.59 Å². The number of hydrogen-bond acceptors (Lipinski definition) is 4. The quantitative estimate of drug-likeness (QED) is 0.500. The maximum atomic E-state index is 11.1. The Labute approximate surface area is 94.9 Å². The summed E-state index contributed by atoms with van der Waals surface area (Å²) >= 11 is 5.57. The number of esters is 2. The molecular formula is C10H17ClO4. The highest BCUT2D eigenvalue weighted by molar-refractivity contribution is 6.18. The van der Waals surface area contributed by atoms with Crippen LogP contribution >= 0.6 is 11.6 Å².